The van der Waals surface area contributed by atoms with Crippen LogP contribution < -0.4 is 5.56 Å². The fraction of sp³-hybridized carbons (Fsp3) is 0.381. The van der Waals surface area contributed by atoms with Crippen LogP contribution in [0.25, 0.3) is 0 Å². The first-order valence-electron chi connectivity index (χ1n) is 9.61. The molecule has 29 heavy (non-hydrogen) atoms. The molecule has 3 aromatic heterocycles. The molecule has 0 aromatic carbocycles. The summed E-state index contributed by atoms with van der Waals surface area (Å²) in [5.41, 5.74) is 1.34. The number of aromatic nitrogens is 4. The number of rotatable bonds is 7. The average Bonchev–Trinajstić information content (AvgIpc) is 3.17. The van der Waals surface area contributed by atoms with E-state index >= 15 is 0 Å². The van der Waals surface area contributed by atoms with Gasteiger partial charge in [-0.05, 0) is 44.0 Å². The summed E-state index contributed by atoms with van der Waals surface area (Å²) in [6, 6.07) is 5.34. The number of nitrogens with zero attached hydrogens (tertiary/aromatic N) is 5. The van der Waals surface area contributed by atoms with E-state index in [2.05, 4.69) is 15.2 Å². The monoisotopic (exact) mass is 395 g/mol. The van der Waals surface area contributed by atoms with Crippen LogP contribution in [0.15, 0.2) is 46.0 Å². The third-order valence-electron chi connectivity index (χ3n) is 4.66. The van der Waals surface area contributed by atoms with E-state index in [-0.39, 0.29) is 29.6 Å². The van der Waals surface area contributed by atoms with E-state index < -0.39 is 0 Å². The maximum absolute atomic E-state index is 13.3. The molecule has 8 nitrogen and oxygen atoms in total. The van der Waals surface area contributed by atoms with E-state index in [0.717, 1.165) is 5.56 Å². The van der Waals surface area contributed by atoms with Crippen molar-refractivity contribution < 1.29 is 9.21 Å². The highest BCUT2D eigenvalue weighted by molar-refractivity contribution is 5.95. The summed E-state index contributed by atoms with van der Waals surface area (Å²) in [6.07, 6.45) is 5.71. The van der Waals surface area contributed by atoms with E-state index in [1.54, 1.807) is 36.5 Å². The van der Waals surface area contributed by atoms with Gasteiger partial charge in [0, 0.05) is 31.1 Å². The molecule has 3 rings (SSSR count). The summed E-state index contributed by atoms with van der Waals surface area (Å²) in [7, 11) is 0. The van der Waals surface area contributed by atoms with Gasteiger partial charge in [0.15, 0.2) is 0 Å². The van der Waals surface area contributed by atoms with Crippen LogP contribution in [0.4, 0.5) is 0 Å². The zero-order chi connectivity index (χ0) is 21.0. The zero-order valence-electron chi connectivity index (χ0n) is 17.1. The van der Waals surface area contributed by atoms with Crippen LogP contribution in [0.5, 0.6) is 0 Å². The molecule has 0 aliphatic rings. The number of carbonyl (C=O) groups excluding carboxylic acids is 1. The largest absolute Gasteiger partial charge is 0.423 e. The summed E-state index contributed by atoms with van der Waals surface area (Å²) < 4.78 is 7.08. The summed E-state index contributed by atoms with van der Waals surface area (Å²) in [5, 5.41) is 7.95. The lowest BCUT2D eigenvalue weighted by molar-refractivity contribution is 0.0668. The number of amides is 1. The Bertz CT molecular complexity index is 1040. The SMILES string of the molecule is CCc1nnc(CN(C(=O)c2c(C)ccn(Cc3cccnc3)c2=O)C(C)C)o1. The maximum atomic E-state index is 13.3. The second kappa shape index (κ2) is 8.81. The number of hydrogen-bond donors (Lipinski definition) is 0. The molecule has 1 amide bonds. The molecule has 0 unspecified atom stereocenters. The highest BCUT2D eigenvalue weighted by Crippen LogP contribution is 2.14. The summed E-state index contributed by atoms with van der Waals surface area (Å²) in [4.78, 5) is 32.1. The molecule has 0 spiro atoms. The molecule has 0 atom stereocenters. The molecular weight excluding hydrogens is 370 g/mol. The Morgan fingerprint density at radius 3 is 2.62 bits per heavy atom. The molecule has 0 bridgehead atoms. The molecule has 0 saturated heterocycles. The lowest BCUT2D eigenvalue weighted by Crippen LogP contribution is -2.41. The van der Waals surface area contributed by atoms with Gasteiger partial charge in [0.2, 0.25) is 11.8 Å². The first kappa shape index (κ1) is 20.4. The average molecular weight is 395 g/mol. The van der Waals surface area contributed by atoms with Gasteiger partial charge in [-0.3, -0.25) is 14.6 Å². The van der Waals surface area contributed by atoms with Gasteiger partial charge in [-0.2, -0.15) is 0 Å². The molecule has 0 fully saturated rings. The minimum absolute atomic E-state index is 0.148. The molecule has 0 N–H and O–H groups in total. The van der Waals surface area contributed by atoms with Crippen molar-refractivity contribution >= 4 is 5.91 Å². The molecular formula is C21H25N5O3. The van der Waals surface area contributed by atoms with Gasteiger partial charge >= 0.3 is 0 Å². The van der Waals surface area contributed by atoms with Gasteiger partial charge in [0.05, 0.1) is 13.1 Å². The third-order valence-corrected chi connectivity index (χ3v) is 4.66. The Kier molecular flexibility index (Phi) is 6.21. The van der Waals surface area contributed by atoms with Crippen molar-refractivity contribution in [1.82, 2.24) is 24.6 Å². The fourth-order valence-corrected chi connectivity index (χ4v) is 3.01. The number of hydrogen-bond acceptors (Lipinski definition) is 6. The van der Waals surface area contributed by atoms with Gasteiger partial charge in [0.1, 0.15) is 5.56 Å². The normalized spacial score (nSPS) is 11.1. The quantitative estimate of drug-likeness (QED) is 0.610. The first-order valence-corrected chi connectivity index (χ1v) is 9.61. The van der Waals surface area contributed by atoms with Crippen LogP contribution in [0.1, 0.15) is 54.0 Å². The molecule has 8 heteroatoms. The minimum Gasteiger partial charge on any atom is -0.423 e. The Balaban J connectivity index is 1.93. The second-order valence-corrected chi connectivity index (χ2v) is 7.14. The van der Waals surface area contributed by atoms with Crippen molar-refractivity contribution in [3.63, 3.8) is 0 Å². The van der Waals surface area contributed by atoms with Crippen molar-refractivity contribution in [2.45, 2.75) is 53.2 Å². The Labute approximate surface area is 169 Å². The Hall–Kier alpha value is -3.29. The molecule has 152 valence electrons. The molecule has 0 saturated carbocycles. The Morgan fingerprint density at radius 2 is 2.00 bits per heavy atom. The number of aryl methyl sites for hydroxylation is 2. The fourth-order valence-electron chi connectivity index (χ4n) is 3.01. The van der Waals surface area contributed by atoms with Crippen molar-refractivity contribution in [2.24, 2.45) is 0 Å². The van der Waals surface area contributed by atoms with Gasteiger partial charge < -0.3 is 13.9 Å². The van der Waals surface area contributed by atoms with Crippen molar-refractivity contribution in [2.75, 3.05) is 0 Å². The topological polar surface area (TPSA) is 94.1 Å². The van der Waals surface area contributed by atoms with Crippen molar-refractivity contribution in [3.8, 4) is 0 Å². The summed E-state index contributed by atoms with van der Waals surface area (Å²) in [6.45, 7) is 7.96. The van der Waals surface area contributed by atoms with Crippen molar-refractivity contribution in [1.29, 1.82) is 0 Å². The van der Waals surface area contributed by atoms with Crippen LogP contribution in [-0.4, -0.2) is 36.6 Å². The molecule has 3 heterocycles. The Morgan fingerprint density at radius 1 is 1.24 bits per heavy atom. The van der Waals surface area contributed by atoms with Crippen LogP contribution >= 0.6 is 0 Å². The van der Waals surface area contributed by atoms with E-state index in [4.69, 9.17) is 4.42 Å². The van der Waals surface area contributed by atoms with Gasteiger partial charge in [-0.1, -0.05) is 13.0 Å². The van der Waals surface area contributed by atoms with Gasteiger partial charge in [-0.15, -0.1) is 10.2 Å². The predicted octanol–water partition coefficient (Wildman–Crippen LogP) is 2.60. The molecule has 0 aliphatic carbocycles. The molecule has 0 radical (unpaired) electrons. The van der Waals surface area contributed by atoms with Gasteiger partial charge in [0.25, 0.3) is 11.5 Å². The lowest BCUT2D eigenvalue weighted by atomic mass is 10.1. The van der Waals surface area contributed by atoms with Crippen LogP contribution in [0, 0.1) is 6.92 Å². The summed E-state index contributed by atoms with van der Waals surface area (Å²) in [5.74, 6) is 0.526. The molecule has 3 aromatic rings. The van der Waals surface area contributed by atoms with E-state index in [1.165, 1.54) is 4.57 Å². The first-order chi connectivity index (χ1) is 13.9. The number of pyridine rings is 2. The minimum atomic E-state index is -0.348. The lowest BCUT2D eigenvalue weighted by Gasteiger charge is -2.26. The maximum Gasteiger partial charge on any atom is 0.263 e. The second-order valence-electron chi connectivity index (χ2n) is 7.14. The predicted molar refractivity (Wildman–Crippen MR) is 107 cm³/mol. The highest BCUT2D eigenvalue weighted by atomic mass is 16.4. The van der Waals surface area contributed by atoms with Crippen LogP contribution in [0.3, 0.4) is 0 Å². The van der Waals surface area contributed by atoms with E-state index in [1.807, 2.05) is 32.9 Å². The van der Waals surface area contributed by atoms with Crippen LogP contribution in [-0.2, 0) is 19.5 Å². The zero-order valence-corrected chi connectivity index (χ0v) is 17.1. The highest BCUT2D eigenvalue weighted by Gasteiger charge is 2.26. The number of carbonyl (C=O) groups is 1. The van der Waals surface area contributed by atoms with Crippen LogP contribution in [0.2, 0.25) is 0 Å². The standard InChI is InChI=1S/C21H25N5O3/c1-5-17-23-24-18(29-17)13-26(14(2)3)21(28)19-15(4)8-10-25(20(19)27)12-16-7-6-9-22-11-16/h6-11,14H,5,12-13H2,1-4H3. The smallest absolute Gasteiger partial charge is 0.263 e. The summed E-state index contributed by atoms with van der Waals surface area (Å²) >= 11 is 0. The van der Waals surface area contributed by atoms with Crippen molar-refractivity contribution in [3.05, 3.63) is 75.6 Å². The molecule has 0 aliphatic heterocycles. The van der Waals surface area contributed by atoms with Gasteiger partial charge in [-0.25, -0.2) is 0 Å². The third kappa shape index (κ3) is 4.59. The van der Waals surface area contributed by atoms with E-state index in [9.17, 15) is 9.59 Å². The van der Waals surface area contributed by atoms with E-state index in [0.29, 0.717) is 30.3 Å².